The zero-order valence-electron chi connectivity index (χ0n) is 15.0. The van der Waals surface area contributed by atoms with Gasteiger partial charge in [0.2, 0.25) is 0 Å². The predicted octanol–water partition coefficient (Wildman–Crippen LogP) is 5.40. The number of para-hydroxylation sites is 1. The molecule has 1 unspecified atom stereocenters. The lowest BCUT2D eigenvalue weighted by Gasteiger charge is -2.30. The maximum Gasteiger partial charge on any atom is 0.416 e. The van der Waals surface area contributed by atoms with Gasteiger partial charge in [-0.1, -0.05) is 37.1 Å². The van der Waals surface area contributed by atoms with E-state index in [0.29, 0.717) is 29.6 Å². The van der Waals surface area contributed by atoms with Crippen LogP contribution in [0.2, 0.25) is 0 Å². The highest BCUT2D eigenvalue weighted by Gasteiger charge is 2.39. The number of aliphatic hydroxyl groups is 1. The molecule has 2 aromatic rings. The number of nitrogens with zero attached hydrogens (tertiary/aromatic N) is 1. The van der Waals surface area contributed by atoms with Crippen molar-refractivity contribution in [3.8, 4) is 11.5 Å². The first kappa shape index (κ1) is 19.5. The summed E-state index contributed by atoms with van der Waals surface area (Å²) < 4.78 is 44.5. The van der Waals surface area contributed by atoms with Gasteiger partial charge < -0.3 is 14.7 Å². The Morgan fingerprint density at radius 1 is 1.00 bits per heavy atom. The van der Waals surface area contributed by atoms with Crippen molar-refractivity contribution in [2.75, 3.05) is 18.0 Å². The van der Waals surface area contributed by atoms with Gasteiger partial charge in [0, 0.05) is 18.3 Å². The second-order valence-corrected chi connectivity index (χ2v) is 7.03. The number of halogens is 3. The summed E-state index contributed by atoms with van der Waals surface area (Å²) in [5.74, 6) is 1.56. The van der Waals surface area contributed by atoms with Gasteiger partial charge in [-0.05, 0) is 43.0 Å². The molecule has 1 fully saturated rings. The van der Waals surface area contributed by atoms with Crippen LogP contribution in [-0.2, 0) is 0 Å². The van der Waals surface area contributed by atoms with Crippen molar-refractivity contribution in [1.29, 1.82) is 0 Å². The lowest BCUT2D eigenvalue weighted by Crippen LogP contribution is -2.42. The van der Waals surface area contributed by atoms with Crippen LogP contribution in [0.25, 0.3) is 0 Å². The minimum absolute atomic E-state index is 0.351. The maximum absolute atomic E-state index is 12.9. The number of benzene rings is 2. The number of rotatable bonds is 7. The molecule has 0 aromatic heterocycles. The van der Waals surface area contributed by atoms with Crippen LogP contribution in [0.5, 0.6) is 11.5 Å². The molecule has 2 aromatic carbocycles. The van der Waals surface area contributed by atoms with Gasteiger partial charge in [0.05, 0.1) is 6.54 Å². The van der Waals surface area contributed by atoms with Crippen LogP contribution in [0.3, 0.4) is 0 Å². The van der Waals surface area contributed by atoms with Crippen molar-refractivity contribution < 1.29 is 23.0 Å². The van der Waals surface area contributed by atoms with Crippen LogP contribution in [0.4, 0.5) is 18.9 Å². The van der Waals surface area contributed by atoms with Crippen molar-refractivity contribution in [3.05, 3.63) is 54.6 Å². The predicted molar refractivity (Wildman–Crippen MR) is 99.2 cm³/mol. The van der Waals surface area contributed by atoms with Crippen LogP contribution >= 0.6 is 0 Å². The van der Waals surface area contributed by atoms with Gasteiger partial charge in [0.25, 0.3) is 0 Å². The molecule has 0 saturated heterocycles. The first-order valence-electron chi connectivity index (χ1n) is 9.24. The van der Waals surface area contributed by atoms with E-state index in [1.165, 1.54) is 0 Å². The number of anilines is 1. The minimum atomic E-state index is -4.63. The van der Waals surface area contributed by atoms with Crippen molar-refractivity contribution >= 4 is 5.69 Å². The summed E-state index contributed by atoms with van der Waals surface area (Å²) in [7, 11) is 0. The molecule has 0 heterocycles. The van der Waals surface area contributed by atoms with Crippen LogP contribution < -0.4 is 9.64 Å². The fourth-order valence-corrected chi connectivity index (χ4v) is 3.47. The largest absolute Gasteiger partial charge is 0.457 e. The van der Waals surface area contributed by atoms with Gasteiger partial charge in [-0.15, -0.1) is 0 Å². The second kappa shape index (κ2) is 8.65. The van der Waals surface area contributed by atoms with Crippen LogP contribution in [0, 0.1) is 5.92 Å². The van der Waals surface area contributed by atoms with Crippen LogP contribution in [0.1, 0.15) is 25.7 Å². The molecule has 0 amide bonds. The first-order valence-corrected chi connectivity index (χ1v) is 9.24. The van der Waals surface area contributed by atoms with E-state index in [1.807, 2.05) is 30.3 Å². The van der Waals surface area contributed by atoms with E-state index in [2.05, 4.69) is 0 Å². The molecule has 1 atom stereocenters. The minimum Gasteiger partial charge on any atom is -0.457 e. The van der Waals surface area contributed by atoms with Crippen molar-refractivity contribution in [2.24, 2.45) is 5.92 Å². The Bertz CT molecular complexity index is 715. The fourth-order valence-electron chi connectivity index (χ4n) is 3.47. The third-order valence-electron chi connectivity index (χ3n) is 4.89. The molecular formula is C21H24F3NO2. The quantitative estimate of drug-likeness (QED) is 0.699. The fraction of sp³-hybridized carbons (Fsp3) is 0.429. The Kier molecular flexibility index (Phi) is 6.26. The van der Waals surface area contributed by atoms with Crippen LogP contribution in [0.15, 0.2) is 54.6 Å². The number of alkyl halides is 3. The smallest absolute Gasteiger partial charge is 0.416 e. The number of hydrogen-bond donors (Lipinski definition) is 1. The zero-order chi connectivity index (χ0) is 19.3. The van der Waals surface area contributed by atoms with Crippen LogP contribution in [-0.4, -0.2) is 30.5 Å². The van der Waals surface area contributed by atoms with Gasteiger partial charge in [0.1, 0.15) is 11.5 Å². The molecule has 1 saturated carbocycles. The van der Waals surface area contributed by atoms with E-state index in [4.69, 9.17) is 4.74 Å². The molecular weight excluding hydrogens is 355 g/mol. The Morgan fingerprint density at radius 3 is 2.33 bits per heavy atom. The molecule has 0 bridgehead atoms. The zero-order valence-corrected chi connectivity index (χ0v) is 15.0. The van der Waals surface area contributed by atoms with E-state index in [0.717, 1.165) is 25.7 Å². The molecule has 3 nitrogen and oxygen atoms in total. The Balaban J connectivity index is 1.78. The van der Waals surface area contributed by atoms with E-state index in [-0.39, 0.29) is 0 Å². The molecule has 0 spiro atoms. The second-order valence-electron chi connectivity index (χ2n) is 7.03. The number of ether oxygens (including phenoxy) is 1. The SMILES string of the molecule is OC(CN(CC1CCCC1)c1cccc(Oc2ccccc2)c1)C(F)(F)F. The normalized spacial score (nSPS) is 16.3. The highest BCUT2D eigenvalue weighted by molar-refractivity contribution is 5.52. The van der Waals surface area contributed by atoms with E-state index in [9.17, 15) is 18.3 Å². The molecule has 6 heteroatoms. The Labute approximate surface area is 157 Å². The molecule has 3 rings (SSSR count). The third kappa shape index (κ3) is 5.63. The molecule has 0 aliphatic heterocycles. The lowest BCUT2D eigenvalue weighted by atomic mass is 10.1. The monoisotopic (exact) mass is 379 g/mol. The van der Waals surface area contributed by atoms with Gasteiger partial charge in [-0.3, -0.25) is 0 Å². The number of aliphatic hydroxyl groups excluding tert-OH is 1. The Morgan fingerprint density at radius 2 is 1.67 bits per heavy atom. The molecule has 27 heavy (non-hydrogen) atoms. The van der Waals surface area contributed by atoms with Gasteiger partial charge in [0.15, 0.2) is 6.10 Å². The average molecular weight is 379 g/mol. The Hall–Kier alpha value is -2.21. The molecule has 0 radical (unpaired) electrons. The van der Waals surface area contributed by atoms with E-state index >= 15 is 0 Å². The molecule has 1 aliphatic rings. The standard InChI is InChI=1S/C21H24F3NO2/c22-21(23,24)20(26)15-25(14-16-7-4-5-8-16)17-9-6-12-19(13-17)27-18-10-2-1-3-11-18/h1-3,6,9-13,16,20,26H,4-5,7-8,14-15H2. The summed E-state index contributed by atoms with van der Waals surface area (Å²) in [5, 5.41) is 9.60. The topological polar surface area (TPSA) is 32.7 Å². The number of hydrogen-bond acceptors (Lipinski definition) is 3. The summed E-state index contributed by atoms with van der Waals surface area (Å²) in [6, 6.07) is 16.2. The first-order chi connectivity index (χ1) is 12.9. The lowest BCUT2D eigenvalue weighted by molar-refractivity contribution is -0.200. The third-order valence-corrected chi connectivity index (χ3v) is 4.89. The summed E-state index contributed by atoms with van der Waals surface area (Å²) in [6.07, 6.45) is -2.77. The van der Waals surface area contributed by atoms with Crippen molar-refractivity contribution in [1.82, 2.24) is 0 Å². The average Bonchev–Trinajstić information content (AvgIpc) is 3.14. The van der Waals surface area contributed by atoms with E-state index < -0.39 is 18.8 Å². The van der Waals surface area contributed by atoms with Gasteiger partial charge >= 0.3 is 6.18 Å². The maximum atomic E-state index is 12.9. The summed E-state index contributed by atoms with van der Waals surface area (Å²) in [6.45, 7) is 0.0245. The highest BCUT2D eigenvalue weighted by Crippen LogP contribution is 2.31. The summed E-state index contributed by atoms with van der Waals surface area (Å²) >= 11 is 0. The van der Waals surface area contributed by atoms with Crippen molar-refractivity contribution in [3.63, 3.8) is 0 Å². The van der Waals surface area contributed by atoms with E-state index in [1.54, 1.807) is 29.2 Å². The van der Waals surface area contributed by atoms with Crippen molar-refractivity contribution in [2.45, 2.75) is 38.0 Å². The molecule has 1 aliphatic carbocycles. The van der Waals surface area contributed by atoms with Gasteiger partial charge in [-0.25, -0.2) is 0 Å². The van der Waals surface area contributed by atoms with Gasteiger partial charge in [-0.2, -0.15) is 13.2 Å². The summed E-state index contributed by atoms with van der Waals surface area (Å²) in [5.41, 5.74) is 0.624. The highest BCUT2D eigenvalue weighted by atomic mass is 19.4. The molecule has 146 valence electrons. The molecule has 1 N–H and O–H groups in total. The summed E-state index contributed by atoms with van der Waals surface area (Å²) in [4.78, 5) is 1.63.